The van der Waals surface area contributed by atoms with Crippen LogP contribution in [-0.4, -0.2) is 59.5 Å². The van der Waals surface area contributed by atoms with E-state index >= 15 is 0 Å². The van der Waals surface area contributed by atoms with Crippen LogP contribution in [0.4, 0.5) is 0 Å². The molecule has 1 heterocycles. The molecule has 12 nitrogen and oxygen atoms in total. The van der Waals surface area contributed by atoms with Crippen LogP contribution in [0.1, 0.15) is 67.9 Å². The molecule has 0 saturated heterocycles. The predicted molar refractivity (Wildman–Crippen MR) is 155 cm³/mol. The van der Waals surface area contributed by atoms with Gasteiger partial charge in [0.05, 0.1) is 6.61 Å². The number of carbonyl (C=O) groups excluding carboxylic acids is 5. The third-order valence-electron chi connectivity index (χ3n) is 6.24. The summed E-state index contributed by atoms with van der Waals surface area (Å²) in [7, 11) is 0. The lowest BCUT2D eigenvalue weighted by Crippen LogP contribution is -2.58. The Bertz CT molecular complexity index is 1280. The molecule has 2 aromatic rings. The van der Waals surface area contributed by atoms with Crippen molar-refractivity contribution in [2.45, 2.75) is 78.9 Å². The molecule has 42 heavy (non-hydrogen) atoms. The normalized spacial score (nSPS) is 13.6. The maximum atomic E-state index is 13.6. The first-order valence-electron chi connectivity index (χ1n) is 13.7. The monoisotopic (exact) mass is 583 g/mol. The first kappa shape index (κ1) is 33.7. The number of benzene rings is 1. The number of amides is 4. The van der Waals surface area contributed by atoms with Gasteiger partial charge in [-0.3, -0.25) is 19.2 Å². The van der Waals surface area contributed by atoms with Gasteiger partial charge in [0.1, 0.15) is 17.8 Å². The molecular weight excluding hydrogens is 542 g/mol. The predicted octanol–water partition coefficient (Wildman–Crippen LogP) is 2.03. The first-order valence-corrected chi connectivity index (χ1v) is 13.7. The van der Waals surface area contributed by atoms with Gasteiger partial charge >= 0.3 is 5.97 Å². The molecule has 0 aliphatic rings. The molecule has 0 aliphatic carbocycles. The van der Waals surface area contributed by atoms with Crippen LogP contribution < -0.4 is 21.7 Å². The van der Waals surface area contributed by atoms with Crippen molar-refractivity contribution < 1.29 is 33.2 Å². The summed E-state index contributed by atoms with van der Waals surface area (Å²) in [5, 5.41) is 12.0. The van der Waals surface area contributed by atoms with Crippen LogP contribution in [0.5, 0.6) is 0 Å². The molecule has 1 aromatic carbocycles. The molecule has 5 N–H and O–H groups in total. The van der Waals surface area contributed by atoms with Crippen molar-refractivity contribution in [3.8, 4) is 0 Å². The average molecular weight is 584 g/mol. The van der Waals surface area contributed by atoms with Crippen LogP contribution in [-0.2, 0) is 30.3 Å². The van der Waals surface area contributed by atoms with Gasteiger partial charge in [0.2, 0.25) is 17.7 Å². The van der Waals surface area contributed by atoms with Crippen LogP contribution in [0.15, 0.2) is 47.0 Å². The van der Waals surface area contributed by atoms with Gasteiger partial charge in [-0.15, -0.1) is 0 Å². The van der Waals surface area contributed by atoms with E-state index in [9.17, 15) is 24.0 Å². The number of nitrogens with zero attached hydrogens (tertiary/aromatic N) is 1. The fourth-order valence-electron chi connectivity index (χ4n) is 3.96. The number of esters is 1. The number of primary amides is 1. The second-order valence-electron chi connectivity index (χ2n) is 11.1. The summed E-state index contributed by atoms with van der Waals surface area (Å²) >= 11 is 0. The number of hydrogen-bond donors (Lipinski definition) is 4. The fraction of sp³-hybridized carbons (Fsp3) is 0.467. The molecule has 3 unspecified atom stereocenters. The largest absolute Gasteiger partial charge is 0.463 e. The highest BCUT2D eigenvalue weighted by atomic mass is 16.5. The van der Waals surface area contributed by atoms with Crippen LogP contribution in [0, 0.1) is 19.3 Å². The van der Waals surface area contributed by atoms with E-state index in [2.05, 4.69) is 21.1 Å². The second kappa shape index (κ2) is 15.5. The third kappa shape index (κ3) is 11.2. The van der Waals surface area contributed by atoms with Crippen LogP contribution in [0.3, 0.4) is 0 Å². The molecule has 4 amide bonds. The minimum atomic E-state index is -1.07. The summed E-state index contributed by atoms with van der Waals surface area (Å²) < 4.78 is 9.88. The lowest BCUT2D eigenvalue weighted by Gasteiger charge is -2.32. The molecule has 2 rings (SSSR count). The Hall–Kier alpha value is -4.48. The Labute approximate surface area is 245 Å². The maximum absolute atomic E-state index is 13.6. The number of nitrogens with two attached hydrogens (primary N) is 1. The van der Waals surface area contributed by atoms with E-state index in [-0.39, 0.29) is 31.6 Å². The number of aromatic nitrogens is 1. The van der Waals surface area contributed by atoms with E-state index in [1.54, 1.807) is 34.6 Å². The Balaban J connectivity index is 2.33. The Kier molecular flexibility index (Phi) is 12.4. The van der Waals surface area contributed by atoms with Crippen molar-refractivity contribution in [3.63, 3.8) is 0 Å². The zero-order chi connectivity index (χ0) is 31.4. The molecule has 228 valence electrons. The quantitative estimate of drug-likeness (QED) is 0.192. The van der Waals surface area contributed by atoms with Gasteiger partial charge in [0.25, 0.3) is 5.91 Å². The summed E-state index contributed by atoms with van der Waals surface area (Å²) in [6.45, 7) is 10.7. The molecule has 0 bridgehead atoms. The molecule has 12 heteroatoms. The van der Waals surface area contributed by atoms with Crippen LogP contribution in [0.2, 0.25) is 0 Å². The highest BCUT2D eigenvalue weighted by Gasteiger charge is 2.36. The summed E-state index contributed by atoms with van der Waals surface area (Å²) in [5.41, 5.74) is 6.39. The highest BCUT2D eigenvalue weighted by molar-refractivity contribution is 5.97. The SMILES string of the molecule is CCOC(=O)/C=C/C(CCC(N)=O)NC(=O)C(Cc1ccc(C)cc1)NC(=O)C(NC(=O)c1cc(C)on1)C(C)(C)C. The molecule has 0 radical (unpaired) electrons. The van der Waals surface area contributed by atoms with E-state index in [1.807, 2.05) is 31.2 Å². The number of hydrogen-bond acceptors (Lipinski definition) is 8. The van der Waals surface area contributed by atoms with E-state index < -0.39 is 53.1 Å². The van der Waals surface area contributed by atoms with Crippen molar-refractivity contribution in [3.05, 3.63) is 65.1 Å². The number of rotatable bonds is 14. The molecule has 0 saturated carbocycles. The lowest BCUT2D eigenvalue weighted by molar-refractivity contribution is -0.137. The fourth-order valence-corrected chi connectivity index (χ4v) is 3.96. The Morgan fingerprint density at radius 1 is 1.02 bits per heavy atom. The highest BCUT2D eigenvalue weighted by Crippen LogP contribution is 2.21. The zero-order valence-electron chi connectivity index (χ0n) is 25.0. The maximum Gasteiger partial charge on any atom is 0.330 e. The lowest BCUT2D eigenvalue weighted by atomic mass is 9.85. The molecule has 3 atom stereocenters. The number of nitrogens with one attached hydrogen (secondary N) is 3. The van der Waals surface area contributed by atoms with Gasteiger partial charge < -0.3 is 30.9 Å². The molecule has 0 aliphatic heterocycles. The minimum Gasteiger partial charge on any atom is -0.463 e. The Morgan fingerprint density at radius 3 is 2.24 bits per heavy atom. The van der Waals surface area contributed by atoms with Crippen molar-refractivity contribution >= 4 is 29.6 Å². The van der Waals surface area contributed by atoms with Crippen LogP contribution >= 0.6 is 0 Å². The first-order chi connectivity index (χ1) is 19.7. The van der Waals surface area contributed by atoms with Gasteiger partial charge in [0.15, 0.2) is 5.69 Å². The summed E-state index contributed by atoms with van der Waals surface area (Å²) in [5.74, 6) is -2.48. The zero-order valence-corrected chi connectivity index (χ0v) is 25.0. The molecular formula is C30H41N5O7. The molecule has 0 fully saturated rings. The van der Waals surface area contributed by atoms with Gasteiger partial charge in [-0.2, -0.15) is 0 Å². The Morgan fingerprint density at radius 2 is 1.69 bits per heavy atom. The summed E-state index contributed by atoms with van der Waals surface area (Å²) in [6.07, 6.45) is 2.80. The third-order valence-corrected chi connectivity index (χ3v) is 6.24. The van der Waals surface area contributed by atoms with Crippen molar-refractivity contribution in [1.29, 1.82) is 0 Å². The molecule has 0 spiro atoms. The van der Waals surface area contributed by atoms with Crippen molar-refractivity contribution in [1.82, 2.24) is 21.1 Å². The number of carbonyl (C=O) groups is 5. The van der Waals surface area contributed by atoms with Crippen LogP contribution in [0.25, 0.3) is 0 Å². The average Bonchev–Trinajstić information content (AvgIpc) is 3.35. The number of ether oxygens (including phenoxy) is 1. The topological polar surface area (TPSA) is 183 Å². The van der Waals surface area contributed by atoms with E-state index in [1.165, 1.54) is 18.2 Å². The van der Waals surface area contributed by atoms with Gasteiger partial charge in [-0.25, -0.2) is 4.79 Å². The summed E-state index contributed by atoms with van der Waals surface area (Å²) in [6, 6.07) is 6.08. The minimum absolute atomic E-state index is 0.0224. The smallest absolute Gasteiger partial charge is 0.330 e. The second-order valence-corrected chi connectivity index (χ2v) is 11.1. The van der Waals surface area contributed by atoms with E-state index in [0.717, 1.165) is 11.1 Å². The van der Waals surface area contributed by atoms with Gasteiger partial charge in [-0.1, -0.05) is 61.8 Å². The van der Waals surface area contributed by atoms with Crippen molar-refractivity contribution in [2.24, 2.45) is 11.1 Å². The van der Waals surface area contributed by atoms with E-state index in [4.69, 9.17) is 15.0 Å². The molecule has 1 aromatic heterocycles. The van der Waals surface area contributed by atoms with Gasteiger partial charge in [0, 0.05) is 31.0 Å². The van der Waals surface area contributed by atoms with Crippen molar-refractivity contribution in [2.75, 3.05) is 6.61 Å². The summed E-state index contributed by atoms with van der Waals surface area (Å²) in [4.78, 5) is 63.3. The van der Waals surface area contributed by atoms with E-state index in [0.29, 0.717) is 5.76 Å². The standard InChI is InChI=1S/C30H41N5O7/c1-7-41-25(37)15-13-21(12-14-24(31)36)32-27(38)22(17-20-10-8-18(2)9-11-20)33-29(40)26(30(4,5)6)34-28(39)23-16-19(3)42-35-23/h8-11,13,15-16,21-22,26H,7,12,14,17H2,1-6H3,(H2,31,36)(H,32,38)(H,33,40)(H,34,39)/b15-13+. The van der Waals surface area contributed by atoms with Gasteiger partial charge in [-0.05, 0) is 38.2 Å². The number of aryl methyl sites for hydroxylation is 2.